The highest BCUT2D eigenvalue weighted by atomic mass is 32.2. The standard InChI is InChI=1S/C24H24N4O5S2/c29-16-5-3-4-10-28(14-16)24-26-13-17(34-24)12-25-22(30)15-8-9-21-19(11-15)27-23(31)18-6-1-2-7-20(18)35(21,32)33/h1-2,6-9,11,13,16,29H,3-5,10,12,14H2,(H,25,30)(H,27,31). The van der Waals surface area contributed by atoms with Gasteiger partial charge in [-0.2, -0.15) is 0 Å². The number of amides is 2. The van der Waals surface area contributed by atoms with Crippen LogP contribution in [-0.2, 0) is 16.4 Å². The Balaban J connectivity index is 1.31. The summed E-state index contributed by atoms with van der Waals surface area (Å²) in [7, 11) is -3.93. The number of rotatable bonds is 4. The second kappa shape index (κ2) is 9.40. The van der Waals surface area contributed by atoms with Gasteiger partial charge >= 0.3 is 0 Å². The number of anilines is 2. The van der Waals surface area contributed by atoms with Gasteiger partial charge in [-0.05, 0) is 49.6 Å². The van der Waals surface area contributed by atoms with Gasteiger partial charge in [0.2, 0.25) is 9.84 Å². The fraction of sp³-hybridized carbons (Fsp3) is 0.292. The number of carbonyl (C=O) groups is 2. The van der Waals surface area contributed by atoms with E-state index in [0.717, 1.165) is 35.8 Å². The normalized spacial score (nSPS) is 19.1. The summed E-state index contributed by atoms with van der Waals surface area (Å²) in [4.78, 5) is 32.7. The number of benzene rings is 2. The van der Waals surface area contributed by atoms with Crippen LogP contribution in [0, 0.1) is 0 Å². The Morgan fingerprint density at radius 2 is 2.03 bits per heavy atom. The van der Waals surface area contributed by atoms with Crippen molar-refractivity contribution in [3.8, 4) is 0 Å². The summed E-state index contributed by atoms with van der Waals surface area (Å²) in [6.07, 6.45) is 4.12. The highest BCUT2D eigenvalue weighted by molar-refractivity contribution is 7.91. The monoisotopic (exact) mass is 512 g/mol. The number of sulfone groups is 1. The molecule has 1 unspecified atom stereocenters. The molecule has 1 saturated heterocycles. The molecule has 1 aromatic heterocycles. The molecule has 11 heteroatoms. The van der Waals surface area contributed by atoms with Crippen LogP contribution in [0.5, 0.6) is 0 Å². The third-order valence-electron chi connectivity index (χ3n) is 6.08. The molecule has 0 saturated carbocycles. The van der Waals surface area contributed by atoms with Crippen molar-refractivity contribution in [3.05, 3.63) is 64.7 Å². The van der Waals surface area contributed by atoms with Crippen molar-refractivity contribution in [3.63, 3.8) is 0 Å². The maximum Gasteiger partial charge on any atom is 0.257 e. The lowest BCUT2D eigenvalue weighted by atomic mass is 10.1. The van der Waals surface area contributed by atoms with Crippen LogP contribution < -0.4 is 15.5 Å². The van der Waals surface area contributed by atoms with Crippen LogP contribution in [0.25, 0.3) is 0 Å². The van der Waals surface area contributed by atoms with Crippen molar-refractivity contribution >= 4 is 43.8 Å². The van der Waals surface area contributed by atoms with Gasteiger partial charge in [-0.25, -0.2) is 13.4 Å². The predicted octanol–water partition coefficient (Wildman–Crippen LogP) is 2.82. The van der Waals surface area contributed by atoms with E-state index in [-0.39, 0.29) is 39.3 Å². The van der Waals surface area contributed by atoms with Crippen molar-refractivity contribution in [1.82, 2.24) is 10.3 Å². The van der Waals surface area contributed by atoms with Gasteiger partial charge < -0.3 is 20.6 Å². The smallest absolute Gasteiger partial charge is 0.257 e. The summed E-state index contributed by atoms with van der Waals surface area (Å²) in [6.45, 7) is 1.64. The molecule has 3 heterocycles. The van der Waals surface area contributed by atoms with Gasteiger partial charge in [-0.1, -0.05) is 12.1 Å². The molecule has 2 aromatic carbocycles. The number of nitrogens with zero attached hydrogens (tertiary/aromatic N) is 2. The third-order valence-corrected chi connectivity index (χ3v) is 9.01. The second-order valence-electron chi connectivity index (χ2n) is 8.55. The molecule has 9 nitrogen and oxygen atoms in total. The topological polar surface area (TPSA) is 129 Å². The van der Waals surface area contributed by atoms with Crippen LogP contribution in [0.1, 0.15) is 44.9 Å². The number of aliphatic hydroxyl groups excluding tert-OH is 1. The molecular formula is C24H24N4O5S2. The summed E-state index contributed by atoms with van der Waals surface area (Å²) in [5.74, 6) is -0.947. The highest BCUT2D eigenvalue weighted by Crippen LogP contribution is 2.34. The number of thiazole rings is 1. The largest absolute Gasteiger partial charge is 0.391 e. The molecule has 3 N–H and O–H groups in total. The van der Waals surface area contributed by atoms with Gasteiger partial charge in [-0.15, -0.1) is 11.3 Å². The Bertz CT molecular complexity index is 1400. The zero-order valence-corrected chi connectivity index (χ0v) is 20.4. The molecule has 2 aliphatic rings. The number of aromatic nitrogens is 1. The van der Waals surface area contributed by atoms with Gasteiger partial charge in [0.25, 0.3) is 11.8 Å². The molecule has 0 bridgehead atoms. The first-order chi connectivity index (χ1) is 16.8. The van der Waals surface area contributed by atoms with E-state index in [4.69, 9.17) is 0 Å². The van der Waals surface area contributed by atoms with E-state index in [1.807, 2.05) is 0 Å². The fourth-order valence-corrected chi connectivity index (χ4v) is 6.76. The minimum absolute atomic E-state index is 0.0564. The number of hydrogen-bond donors (Lipinski definition) is 3. The molecule has 1 atom stereocenters. The maximum atomic E-state index is 13.1. The third kappa shape index (κ3) is 4.66. The van der Waals surface area contributed by atoms with E-state index >= 15 is 0 Å². The molecule has 0 aliphatic carbocycles. The van der Waals surface area contributed by atoms with Gasteiger partial charge in [-0.3, -0.25) is 9.59 Å². The fourth-order valence-electron chi connectivity index (χ4n) is 4.29. The summed E-state index contributed by atoms with van der Waals surface area (Å²) in [6, 6.07) is 10.2. The molecule has 35 heavy (non-hydrogen) atoms. The van der Waals surface area contributed by atoms with E-state index in [0.29, 0.717) is 6.54 Å². The Hall–Kier alpha value is -3.28. The molecule has 1 fully saturated rings. The highest BCUT2D eigenvalue weighted by Gasteiger charge is 2.31. The molecule has 0 radical (unpaired) electrons. The summed E-state index contributed by atoms with van der Waals surface area (Å²) < 4.78 is 26.2. The molecule has 2 aliphatic heterocycles. The lowest BCUT2D eigenvalue weighted by Gasteiger charge is -2.20. The van der Waals surface area contributed by atoms with Crippen molar-refractivity contribution in [2.75, 3.05) is 23.3 Å². The van der Waals surface area contributed by atoms with E-state index < -0.39 is 21.7 Å². The Morgan fingerprint density at radius 3 is 2.89 bits per heavy atom. The minimum atomic E-state index is -3.93. The lowest BCUT2D eigenvalue weighted by Crippen LogP contribution is -2.30. The zero-order chi connectivity index (χ0) is 24.6. The minimum Gasteiger partial charge on any atom is -0.391 e. The van der Waals surface area contributed by atoms with Gasteiger partial charge in [0, 0.05) is 29.7 Å². The molecule has 3 aromatic rings. The quantitative estimate of drug-likeness (QED) is 0.490. The van der Waals surface area contributed by atoms with Crippen molar-refractivity contribution in [2.45, 2.75) is 41.7 Å². The Kier molecular flexibility index (Phi) is 6.30. The van der Waals surface area contributed by atoms with Crippen LogP contribution in [0.2, 0.25) is 0 Å². The molecule has 182 valence electrons. The van der Waals surface area contributed by atoms with Crippen molar-refractivity contribution in [1.29, 1.82) is 0 Å². The summed E-state index contributed by atoms with van der Waals surface area (Å²) in [5.41, 5.74) is 0.358. The van der Waals surface area contributed by atoms with E-state index in [1.165, 1.54) is 41.7 Å². The SMILES string of the molecule is O=C(NCc1cnc(N2CCCCC(O)C2)s1)c1ccc2c(c1)NC(=O)c1ccccc1S2(=O)=O. The first-order valence-electron chi connectivity index (χ1n) is 11.3. The predicted molar refractivity (Wildman–Crippen MR) is 132 cm³/mol. The van der Waals surface area contributed by atoms with Gasteiger partial charge in [0.15, 0.2) is 5.13 Å². The van der Waals surface area contributed by atoms with Crippen LogP contribution >= 0.6 is 11.3 Å². The Morgan fingerprint density at radius 1 is 1.20 bits per heavy atom. The first-order valence-corrected chi connectivity index (χ1v) is 13.6. The van der Waals surface area contributed by atoms with E-state index in [9.17, 15) is 23.1 Å². The lowest BCUT2D eigenvalue weighted by molar-refractivity contribution is 0.0949. The van der Waals surface area contributed by atoms with Gasteiger partial charge in [0.1, 0.15) is 0 Å². The van der Waals surface area contributed by atoms with Gasteiger partial charge in [0.05, 0.1) is 33.7 Å². The number of carbonyl (C=O) groups excluding carboxylic acids is 2. The molecule has 5 rings (SSSR count). The van der Waals surface area contributed by atoms with Crippen LogP contribution in [0.3, 0.4) is 0 Å². The molecule has 2 amide bonds. The number of hydrogen-bond acceptors (Lipinski definition) is 8. The maximum absolute atomic E-state index is 13.1. The van der Waals surface area contributed by atoms with E-state index in [2.05, 4.69) is 20.5 Å². The van der Waals surface area contributed by atoms with Crippen LogP contribution in [0.4, 0.5) is 10.8 Å². The Labute approximate surface area is 206 Å². The van der Waals surface area contributed by atoms with Crippen molar-refractivity contribution in [2.24, 2.45) is 0 Å². The average molecular weight is 513 g/mol. The number of fused-ring (bicyclic) bond motifs is 2. The number of nitrogens with one attached hydrogen (secondary N) is 2. The summed E-state index contributed by atoms with van der Waals surface area (Å²) >= 11 is 1.46. The van der Waals surface area contributed by atoms with Crippen LogP contribution in [-0.4, -0.2) is 49.5 Å². The summed E-state index contributed by atoms with van der Waals surface area (Å²) in [5, 5.41) is 16.3. The van der Waals surface area contributed by atoms with E-state index in [1.54, 1.807) is 18.3 Å². The first kappa shape index (κ1) is 23.5. The average Bonchev–Trinajstić information content (AvgIpc) is 3.19. The number of β-amino-alcohol motifs (C(OH)–C–C–N with tert-alkyl or cyclic N) is 1. The second-order valence-corrected chi connectivity index (χ2v) is 11.5. The molecule has 0 spiro atoms. The van der Waals surface area contributed by atoms with Crippen LogP contribution in [0.15, 0.2) is 58.5 Å². The molecular weight excluding hydrogens is 488 g/mol. The van der Waals surface area contributed by atoms with Crippen molar-refractivity contribution < 1.29 is 23.1 Å². The number of aliphatic hydroxyl groups is 1. The zero-order valence-electron chi connectivity index (χ0n) is 18.7.